The molecule has 2 aliphatic rings. The van der Waals surface area contributed by atoms with Crippen LogP contribution >= 0.6 is 0 Å². The highest BCUT2D eigenvalue weighted by Crippen LogP contribution is 2.47. The van der Waals surface area contributed by atoms with Crippen molar-refractivity contribution in [2.75, 3.05) is 6.61 Å². The summed E-state index contributed by atoms with van der Waals surface area (Å²) >= 11 is 0. The van der Waals surface area contributed by atoms with Gasteiger partial charge in [-0.05, 0) is 46.0 Å². The van der Waals surface area contributed by atoms with Gasteiger partial charge in [-0.25, -0.2) is 0 Å². The third-order valence-corrected chi connectivity index (χ3v) is 14.1. The third kappa shape index (κ3) is 5.57. The monoisotopic (exact) mass is 534 g/mol. The van der Waals surface area contributed by atoms with Gasteiger partial charge in [0.15, 0.2) is 0 Å². The molecule has 0 heterocycles. The van der Waals surface area contributed by atoms with E-state index in [4.69, 9.17) is 9.16 Å². The Bertz CT molecular complexity index is 1040. The van der Waals surface area contributed by atoms with Gasteiger partial charge in [-0.3, -0.25) is 4.79 Å². The second kappa shape index (κ2) is 11.9. The Morgan fingerprint density at radius 2 is 1.58 bits per heavy atom. The lowest BCUT2D eigenvalue weighted by molar-refractivity contribution is -0.166. The van der Waals surface area contributed by atoms with E-state index in [1.165, 1.54) is 10.4 Å². The molecule has 0 spiro atoms. The summed E-state index contributed by atoms with van der Waals surface area (Å²) in [6, 6.07) is 21.5. The fourth-order valence-electron chi connectivity index (χ4n) is 6.74. The van der Waals surface area contributed by atoms with Gasteiger partial charge in [-0.15, -0.1) is 0 Å². The topological polar surface area (TPSA) is 55.8 Å². The van der Waals surface area contributed by atoms with Crippen molar-refractivity contribution >= 4 is 24.7 Å². The van der Waals surface area contributed by atoms with Gasteiger partial charge >= 0.3 is 5.97 Å². The molecule has 0 bridgehead atoms. The zero-order valence-corrected chi connectivity index (χ0v) is 25.0. The number of rotatable bonds is 8. The molecule has 2 aromatic rings. The van der Waals surface area contributed by atoms with Crippen LogP contribution in [0.3, 0.4) is 0 Å². The molecule has 1 N–H and O–H groups in total. The van der Waals surface area contributed by atoms with Gasteiger partial charge in [0, 0.05) is 25.0 Å². The van der Waals surface area contributed by atoms with Crippen molar-refractivity contribution in [2.24, 2.45) is 29.6 Å². The Labute approximate surface area is 230 Å². The zero-order valence-electron chi connectivity index (χ0n) is 24.0. The summed E-state index contributed by atoms with van der Waals surface area (Å²) in [5, 5.41) is 12.8. The van der Waals surface area contributed by atoms with E-state index in [2.05, 4.69) is 101 Å². The minimum Gasteiger partial charge on any atom is -0.462 e. The molecule has 1 fully saturated rings. The number of esters is 1. The SMILES string of the molecule is CC[C@H](C)C(=O)O[C@H]1C[C@H](O[Si](c2ccccc2)(c2ccccc2)C(C)(C)C)CC2C=C[C@H](C)[C@H](CO)C21. The first-order valence-electron chi connectivity index (χ1n) is 14.4. The summed E-state index contributed by atoms with van der Waals surface area (Å²) in [4.78, 5) is 13.1. The van der Waals surface area contributed by atoms with Gasteiger partial charge in [0.1, 0.15) is 6.10 Å². The second-order valence-corrected chi connectivity index (χ2v) is 16.7. The Balaban J connectivity index is 1.76. The highest BCUT2D eigenvalue weighted by molar-refractivity contribution is 6.99. The molecule has 2 unspecified atom stereocenters. The number of aliphatic hydroxyl groups excluding tert-OH is 1. The Morgan fingerprint density at radius 1 is 1.00 bits per heavy atom. The predicted molar refractivity (Wildman–Crippen MR) is 157 cm³/mol. The number of hydrogen-bond acceptors (Lipinski definition) is 4. The van der Waals surface area contributed by atoms with Crippen molar-refractivity contribution in [3.8, 4) is 0 Å². The Morgan fingerprint density at radius 3 is 2.08 bits per heavy atom. The molecule has 4 rings (SSSR count). The van der Waals surface area contributed by atoms with Crippen LogP contribution in [-0.2, 0) is 14.0 Å². The van der Waals surface area contributed by atoms with Crippen LogP contribution < -0.4 is 10.4 Å². The number of ether oxygens (including phenoxy) is 1. The minimum atomic E-state index is -2.74. The smallest absolute Gasteiger partial charge is 0.308 e. The number of fused-ring (bicyclic) bond motifs is 1. The van der Waals surface area contributed by atoms with E-state index in [1.54, 1.807) is 0 Å². The summed E-state index contributed by atoms with van der Waals surface area (Å²) in [6.07, 6.45) is 6.48. The number of allylic oxidation sites excluding steroid dienone is 2. The van der Waals surface area contributed by atoms with Crippen LogP contribution in [0.2, 0.25) is 5.04 Å². The number of aliphatic hydroxyl groups is 1. The number of carbonyl (C=O) groups excluding carboxylic acids is 1. The first-order chi connectivity index (χ1) is 18.1. The van der Waals surface area contributed by atoms with Gasteiger partial charge in [-0.2, -0.15) is 0 Å². The van der Waals surface area contributed by atoms with Crippen LogP contribution in [0.1, 0.15) is 60.8 Å². The predicted octanol–water partition coefficient (Wildman–Crippen LogP) is 5.73. The van der Waals surface area contributed by atoms with Crippen LogP contribution in [-0.4, -0.2) is 38.2 Å². The lowest BCUT2D eigenvalue weighted by Crippen LogP contribution is -2.68. The van der Waals surface area contributed by atoms with E-state index in [1.807, 2.05) is 13.8 Å². The maximum Gasteiger partial charge on any atom is 0.308 e. The van der Waals surface area contributed by atoms with Crippen LogP contribution in [0.25, 0.3) is 0 Å². The van der Waals surface area contributed by atoms with Crippen molar-refractivity contribution in [2.45, 2.75) is 78.1 Å². The molecule has 5 heteroatoms. The van der Waals surface area contributed by atoms with E-state index in [-0.39, 0.29) is 59.4 Å². The van der Waals surface area contributed by atoms with Crippen molar-refractivity contribution < 1.29 is 19.1 Å². The van der Waals surface area contributed by atoms with Crippen molar-refractivity contribution in [3.63, 3.8) is 0 Å². The molecule has 0 saturated heterocycles. The summed E-state index contributed by atoms with van der Waals surface area (Å²) in [5.74, 6) is 0.354. The minimum absolute atomic E-state index is 0.0605. The Hall–Kier alpha value is -2.21. The molecule has 0 aliphatic heterocycles. The van der Waals surface area contributed by atoms with Crippen LogP contribution in [0.4, 0.5) is 0 Å². The summed E-state index contributed by atoms with van der Waals surface area (Å²) in [7, 11) is -2.74. The molecule has 0 radical (unpaired) electrons. The van der Waals surface area contributed by atoms with Crippen LogP contribution in [0.15, 0.2) is 72.8 Å². The first kappa shape index (κ1) is 28.8. The standard InChI is InChI=1S/C33H46O4Si/c1-7-23(2)32(35)36-30-21-26(20-25-19-18-24(3)29(22-34)31(25)30)37-38(33(4,5)6,27-14-10-8-11-15-27)28-16-12-9-13-17-28/h8-19,23-26,29-31,34H,7,20-22H2,1-6H3/t23-,24-,25?,26+,29-,30-,31?/m0/s1. The summed E-state index contributed by atoms with van der Waals surface area (Å²) in [6.45, 7) is 13.1. The van der Waals surface area contributed by atoms with E-state index in [9.17, 15) is 9.90 Å². The van der Waals surface area contributed by atoms with E-state index in [0.29, 0.717) is 6.42 Å². The van der Waals surface area contributed by atoms with Crippen molar-refractivity contribution in [1.82, 2.24) is 0 Å². The highest BCUT2D eigenvalue weighted by Gasteiger charge is 2.54. The molecule has 4 nitrogen and oxygen atoms in total. The Kier molecular flexibility index (Phi) is 9.01. The van der Waals surface area contributed by atoms with Gasteiger partial charge in [0.2, 0.25) is 0 Å². The van der Waals surface area contributed by atoms with E-state index >= 15 is 0 Å². The van der Waals surface area contributed by atoms with E-state index in [0.717, 1.165) is 12.8 Å². The highest BCUT2D eigenvalue weighted by atomic mass is 28.4. The maximum absolute atomic E-state index is 13.1. The quantitative estimate of drug-likeness (QED) is 0.267. The molecule has 206 valence electrons. The second-order valence-electron chi connectivity index (χ2n) is 12.5. The molecule has 0 aromatic heterocycles. The van der Waals surface area contributed by atoms with Gasteiger partial charge in [-0.1, -0.05) is 114 Å². The normalized spacial score (nSPS) is 28.4. The molecule has 38 heavy (non-hydrogen) atoms. The molecule has 2 aliphatic carbocycles. The molecule has 1 saturated carbocycles. The average molecular weight is 535 g/mol. The van der Waals surface area contributed by atoms with Gasteiger partial charge in [0.25, 0.3) is 8.32 Å². The first-order valence-corrected chi connectivity index (χ1v) is 16.3. The molecule has 7 atom stereocenters. The molecule has 0 amide bonds. The van der Waals surface area contributed by atoms with Crippen LogP contribution in [0.5, 0.6) is 0 Å². The molecular formula is C33H46O4Si. The lowest BCUT2D eigenvalue weighted by Gasteiger charge is -2.51. The van der Waals surface area contributed by atoms with Crippen molar-refractivity contribution in [1.29, 1.82) is 0 Å². The average Bonchev–Trinajstić information content (AvgIpc) is 2.91. The number of carbonyl (C=O) groups is 1. The fraction of sp³-hybridized carbons (Fsp3) is 0.545. The molecular weight excluding hydrogens is 488 g/mol. The largest absolute Gasteiger partial charge is 0.462 e. The zero-order chi connectivity index (χ0) is 27.5. The van der Waals surface area contributed by atoms with Gasteiger partial charge < -0.3 is 14.3 Å². The summed E-state index contributed by atoms with van der Waals surface area (Å²) < 4.78 is 13.8. The van der Waals surface area contributed by atoms with Gasteiger partial charge in [0.05, 0.1) is 5.92 Å². The number of benzene rings is 2. The third-order valence-electron chi connectivity index (χ3n) is 9.04. The van der Waals surface area contributed by atoms with Crippen LogP contribution in [0, 0.1) is 29.6 Å². The number of hydrogen-bond donors (Lipinski definition) is 1. The van der Waals surface area contributed by atoms with E-state index < -0.39 is 8.32 Å². The summed E-state index contributed by atoms with van der Waals surface area (Å²) in [5.41, 5.74) is 0. The molecule has 2 aromatic carbocycles. The maximum atomic E-state index is 13.1. The fourth-order valence-corrected chi connectivity index (χ4v) is 11.5. The van der Waals surface area contributed by atoms with Crippen molar-refractivity contribution in [3.05, 3.63) is 72.8 Å². The lowest BCUT2D eigenvalue weighted by atomic mass is 9.63.